The molecule has 2 fully saturated rings. The summed E-state index contributed by atoms with van der Waals surface area (Å²) in [4.78, 5) is 42.1. The fraction of sp³-hybridized carbons (Fsp3) is 0.348. The lowest BCUT2D eigenvalue weighted by Gasteiger charge is -2.38. The predicted octanol–water partition coefficient (Wildman–Crippen LogP) is 3.65. The molecule has 4 amide bonds. The van der Waals surface area contributed by atoms with Crippen LogP contribution in [0, 0.1) is 11.7 Å². The molecule has 1 atom stereocenters. The summed E-state index contributed by atoms with van der Waals surface area (Å²) < 4.78 is 13.1. The summed E-state index contributed by atoms with van der Waals surface area (Å²) in [5, 5.41) is 4.83. The highest BCUT2D eigenvalue weighted by Gasteiger charge is 2.52. The van der Waals surface area contributed by atoms with E-state index < -0.39 is 11.6 Å². The van der Waals surface area contributed by atoms with E-state index in [0.29, 0.717) is 31.5 Å². The van der Waals surface area contributed by atoms with Gasteiger partial charge in [-0.05, 0) is 60.9 Å². The summed E-state index contributed by atoms with van der Waals surface area (Å²) in [6.45, 7) is 2.94. The van der Waals surface area contributed by atoms with E-state index in [4.69, 9.17) is 0 Å². The van der Waals surface area contributed by atoms with Crippen molar-refractivity contribution in [3.05, 3.63) is 64.1 Å². The van der Waals surface area contributed by atoms with Gasteiger partial charge in [-0.3, -0.25) is 14.5 Å². The summed E-state index contributed by atoms with van der Waals surface area (Å²) in [5.74, 6) is -0.745. The molecule has 8 heteroatoms. The Balaban J connectivity index is 1.37. The Hall–Kier alpha value is -3.00. The number of nitrogens with one attached hydrogen (secondary N) is 1. The third-order valence-electron chi connectivity index (χ3n) is 6.11. The van der Waals surface area contributed by atoms with Crippen molar-refractivity contribution < 1.29 is 18.8 Å². The zero-order chi connectivity index (χ0) is 22.0. The predicted molar refractivity (Wildman–Crippen MR) is 117 cm³/mol. The van der Waals surface area contributed by atoms with Crippen LogP contribution in [0.15, 0.2) is 47.9 Å². The van der Waals surface area contributed by atoms with Crippen molar-refractivity contribution in [3.63, 3.8) is 0 Å². The van der Waals surface area contributed by atoms with Crippen molar-refractivity contribution in [2.45, 2.75) is 31.8 Å². The quantitative estimate of drug-likeness (QED) is 0.569. The highest BCUT2D eigenvalue weighted by atomic mass is 32.1. The number of urea groups is 1. The molecule has 0 bridgehead atoms. The van der Waals surface area contributed by atoms with Gasteiger partial charge in [0.05, 0.1) is 6.54 Å². The molecule has 1 unspecified atom stereocenters. The maximum atomic E-state index is 13.1. The van der Waals surface area contributed by atoms with Gasteiger partial charge >= 0.3 is 6.03 Å². The molecule has 6 nitrogen and oxygen atoms in total. The summed E-state index contributed by atoms with van der Waals surface area (Å²) in [6, 6.07) is 9.22. The van der Waals surface area contributed by atoms with E-state index in [9.17, 15) is 18.8 Å². The lowest BCUT2D eigenvalue weighted by Crippen LogP contribution is -2.54. The number of halogens is 1. The molecule has 0 radical (unpaired) electrons. The molecule has 0 aliphatic carbocycles. The Labute approximate surface area is 184 Å². The number of amides is 4. The van der Waals surface area contributed by atoms with Crippen molar-refractivity contribution in [1.29, 1.82) is 0 Å². The Kier molecular flexibility index (Phi) is 5.91. The second-order valence-corrected chi connectivity index (χ2v) is 9.08. The standard InChI is InChI=1S/C23H24FN3O3S/c1-23(21(29)27(22(30)25-23)15-16-4-6-18(24)7-5-16)17-10-12-26(13-11-17)20(28)9-8-19-3-2-14-31-19/h2-9,14,17H,10-13,15H2,1H3,(H,25,30). The Morgan fingerprint density at radius 2 is 1.94 bits per heavy atom. The molecule has 162 valence electrons. The number of carbonyl (C=O) groups is 3. The maximum absolute atomic E-state index is 13.1. The first-order valence-electron chi connectivity index (χ1n) is 10.3. The van der Waals surface area contributed by atoms with Gasteiger partial charge in [0, 0.05) is 24.0 Å². The molecular weight excluding hydrogens is 417 g/mol. The van der Waals surface area contributed by atoms with Crippen LogP contribution in [-0.2, 0) is 16.1 Å². The minimum Gasteiger partial charge on any atom is -0.339 e. The summed E-state index contributed by atoms with van der Waals surface area (Å²) in [5.41, 5.74) is -0.314. The second kappa shape index (κ2) is 8.63. The third-order valence-corrected chi connectivity index (χ3v) is 6.95. The van der Waals surface area contributed by atoms with E-state index >= 15 is 0 Å². The fourth-order valence-electron chi connectivity index (χ4n) is 4.23. The van der Waals surface area contributed by atoms with E-state index in [0.717, 1.165) is 4.88 Å². The third kappa shape index (κ3) is 4.39. The number of benzene rings is 1. The van der Waals surface area contributed by atoms with Gasteiger partial charge < -0.3 is 10.2 Å². The molecule has 1 aromatic carbocycles. The molecule has 2 aromatic rings. The van der Waals surface area contributed by atoms with E-state index in [2.05, 4.69) is 5.32 Å². The number of thiophene rings is 1. The van der Waals surface area contributed by atoms with Crippen LogP contribution < -0.4 is 5.32 Å². The SMILES string of the molecule is CC1(C2CCN(C(=O)C=Cc3cccs3)CC2)NC(=O)N(Cc2ccc(F)cc2)C1=O. The second-order valence-electron chi connectivity index (χ2n) is 8.10. The summed E-state index contributed by atoms with van der Waals surface area (Å²) >= 11 is 1.57. The molecule has 0 saturated carbocycles. The normalized spacial score (nSPS) is 22.4. The van der Waals surface area contributed by atoms with Crippen LogP contribution >= 0.6 is 11.3 Å². The van der Waals surface area contributed by atoms with Crippen LogP contribution in [0.25, 0.3) is 6.08 Å². The molecule has 4 rings (SSSR count). The number of hydrogen-bond acceptors (Lipinski definition) is 4. The van der Waals surface area contributed by atoms with Gasteiger partial charge in [-0.15, -0.1) is 11.3 Å². The van der Waals surface area contributed by atoms with E-state index in [-0.39, 0.29) is 30.1 Å². The molecular formula is C23H24FN3O3S. The van der Waals surface area contributed by atoms with Gasteiger partial charge in [0.25, 0.3) is 5.91 Å². The van der Waals surface area contributed by atoms with Gasteiger partial charge in [0.1, 0.15) is 11.4 Å². The van der Waals surface area contributed by atoms with Crippen LogP contribution in [-0.4, -0.2) is 46.3 Å². The van der Waals surface area contributed by atoms with E-state index in [1.54, 1.807) is 41.4 Å². The molecule has 1 N–H and O–H groups in total. The van der Waals surface area contributed by atoms with Gasteiger partial charge in [0.2, 0.25) is 5.91 Å². The molecule has 1 aromatic heterocycles. The van der Waals surface area contributed by atoms with Crippen LogP contribution in [0.5, 0.6) is 0 Å². The smallest absolute Gasteiger partial charge is 0.325 e. The number of hydrogen-bond donors (Lipinski definition) is 1. The first-order valence-corrected chi connectivity index (χ1v) is 11.1. The number of imide groups is 1. The van der Waals surface area contributed by atoms with Crippen molar-refractivity contribution in [3.8, 4) is 0 Å². The first-order chi connectivity index (χ1) is 14.9. The summed E-state index contributed by atoms with van der Waals surface area (Å²) in [6.07, 6.45) is 4.66. The Morgan fingerprint density at radius 1 is 1.23 bits per heavy atom. The molecule has 31 heavy (non-hydrogen) atoms. The minimum atomic E-state index is -1.00. The topological polar surface area (TPSA) is 69.7 Å². The molecule has 2 saturated heterocycles. The highest BCUT2D eigenvalue weighted by molar-refractivity contribution is 7.10. The lowest BCUT2D eigenvalue weighted by molar-refractivity contribution is -0.134. The Bertz CT molecular complexity index is 998. The van der Waals surface area contributed by atoms with Crippen LogP contribution in [0.3, 0.4) is 0 Å². The average Bonchev–Trinajstić information content (AvgIpc) is 3.37. The van der Waals surface area contributed by atoms with Crippen LogP contribution in [0.4, 0.5) is 9.18 Å². The van der Waals surface area contributed by atoms with Crippen LogP contribution in [0.2, 0.25) is 0 Å². The average molecular weight is 442 g/mol. The lowest BCUT2D eigenvalue weighted by atomic mass is 9.79. The molecule has 2 aliphatic rings. The van der Waals surface area contributed by atoms with Gasteiger partial charge in [-0.2, -0.15) is 0 Å². The largest absolute Gasteiger partial charge is 0.339 e. The number of carbonyl (C=O) groups excluding carboxylic acids is 3. The number of rotatable bonds is 5. The zero-order valence-corrected chi connectivity index (χ0v) is 18.0. The van der Waals surface area contributed by atoms with Gasteiger partial charge in [-0.25, -0.2) is 9.18 Å². The maximum Gasteiger partial charge on any atom is 0.325 e. The Morgan fingerprint density at radius 3 is 2.58 bits per heavy atom. The molecule has 3 heterocycles. The highest BCUT2D eigenvalue weighted by Crippen LogP contribution is 2.34. The molecule has 0 spiro atoms. The molecule has 2 aliphatic heterocycles. The monoisotopic (exact) mass is 441 g/mol. The number of likely N-dealkylation sites (tertiary alicyclic amines) is 1. The van der Waals surface area contributed by atoms with E-state index in [1.807, 2.05) is 23.6 Å². The number of piperidine rings is 1. The van der Waals surface area contributed by atoms with Crippen LogP contribution in [0.1, 0.15) is 30.2 Å². The fourth-order valence-corrected chi connectivity index (χ4v) is 4.85. The number of nitrogens with zero attached hydrogens (tertiary/aromatic N) is 2. The van der Waals surface area contributed by atoms with Crippen molar-refractivity contribution >= 4 is 35.3 Å². The van der Waals surface area contributed by atoms with Crippen molar-refractivity contribution in [2.24, 2.45) is 5.92 Å². The van der Waals surface area contributed by atoms with Gasteiger partial charge in [-0.1, -0.05) is 18.2 Å². The van der Waals surface area contributed by atoms with Gasteiger partial charge in [0.15, 0.2) is 0 Å². The van der Waals surface area contributed by atoms with E-state index in [1.165, 1.54) is 17.0 Å². The minimum absolute atomic E-state index is 0.0447. The first kappa shape index (κ1) is 21.2. The zero-order valence-electron chi connectivity index (χ0n) is 17.2. The van der Waals surface area contributed by atoms with Crippen molar-refractivity contribution in [2.75, 3.05) is 13.1 Å². The van der Waals surface area contributed by atoms with Crippen molar-refractivity contribution in [1.82, 2.24) is 15.1 Å². The summed E-state index contributed by atoms with van der Waals surface area (Å²) in [7, 11) is 0.